The smallest absolute Gasteiger partial charge is 0.175 e. The number of nitrogens with zero attached hydrogens (tertiary/aromatic N) is 3. The molecule has 186 valence electrons. The van der Waals surface area contributed by atoms with Crippen molar-refractivity contribution < 1.29 is 14.2 Å². The number of likely N-dealkylation sites (tertiary alicyclic amines) is 1. The molecule has 0 N–H and O–H groups in total. The van der Waals surface area contributed by atoms with Crippen molar-refractivity contribution in [3.63, 3.8) is 0 Å². The lowest BCUT2D eigenvalue weighted by atomic mass is 9.94. The highest BCUT2D eigenvalue weighted by Gasteiger charge is 2.30. The van der Waals surface area contributed by atoms with E-state index in [-0.39, 0.29) is 12.3 Å². The predicted octanol–water partition coefficient (Wildman–Crippen LogP) is 5.87. The van der Waals surface area contributed by atoms with Gasteiger partial charge in [-0.2, -0.15) is 0 Å². The molecule has 2 aliphatic rings. The average Bonchev–Trinajstić information content (AvgIpc) is 3.53. The van der Waals surface area contributed by atoms with Gasteiger partial charge in [0.1, 0.15) is 11.6 Å². The number of methoxy groups -OCH3 is 1. The highest BCUT2D eigenvalue weighted by atomic mass is 35.5. The number of rotatable bonds is 8. The molecule has 2 saturated heterocycles. The quantitative estimate of drug-likeness (QED) is 0.391. The standard InChI is InChI=1S/C28H34ClN3O3/c1-3-20-10-4-5-11-21(20)28-30-27(29)24(32(28)19-26-34-16-17-35-26)18-31-15-9-8-13-23(31)22-12-6-7-14-25(22)33-2/h4-7,10-12,14,23,26H,3,8-9,13,15-19H2,1-2H3. The van der Waals surface area contributed by atoms with Gasteiger partial charge in [0.15, 0.2) is 11.4 Å². The Morgan fingerprint density at radius 1 is 1.06 bits per heavy atom. The molecule has 3 aromatic rings. The fourth-order valence-corrected chi connectivity index (χ4v) is 5.63. The minimum atomic E-state index is -0.294. The first-order chi connectivity index (χ1) is 17.2. The van der Waals surface area contributed by atoms with Gasteiger partial charge in [0.25, 0.3) is 0 Å². The summed E-state index contributed by atoms with van der Waals surface area (Å²) < 4.78 is 19.6. The predicted molar refractivity (Wildman–Crippen MR) is 138 cm³/mol. The molecule has 2 aromatic carbocycles. The summed E-state index contributed by atoms with van der Waals surface area (Å²) in [6.45, 7) is 5.67. The minimum Gasteiger partial charge on any atom is -0.496 e. The molecule has 6 nitrogen and oxygen atoms in total. The second kappa shape index (κ2) is 11.1. The van der Waals surface area contributed by atoms with Gasteiger partial charge in [-0.3, -0.25) is 4.90 Å². The van der Waals surface area contributed by atoms with Gasteiger partial charge in [-0.15, -0.1) is 0 Å². The number of imidazole rings is 1. The Balaban J connectivity index is 1.53. The number of halogens is 1. The summed E-state index contributed by atoms with van der Waals surface area (Å²) in [4.78, 5) is 7.41. The molecule has 2 aliphatic heterocycles. The Morgan fingerprint density at radius 3 is 2.63 bits per heavy atom. The van der Waals surface area contributed by atoms with E-state index in [0.717, 1.165) is 48.6 Å². The van der Waals surface area contributed by atoms with Gasteiger partial charge in [0.2, 0.25) is 0 Å². The maximum Gasteiger partial charge on any atom is 0.175 e. The van der Waals surface area contributed by atoms with Crippen LogP contribution in [-0.2, 0) is 29.0 Å². The van der Waals surface area contributed by atoms with Crippen LogP contribution in [0.25, 0.3) is 11.4 Å². The normalized spacial score (nSPS) is 19.3. The molecule has 7 heteroatoms. The van der Waals surface area contributed by atoms with Crippen molar-refractivity contribution in [2.24, 2.45) is 0 Å². The van der Waals surface area contributed by atoms with Crippen molar-refractivity contribution in [3.05, 3.63) is 70.5 Å². The SMILES string of the molecule is CCc1ccccc1-c1nc(Cl)c(CN2CCCCC2c2ccccc2OC)n1CC1OCCO1. The first kappa shape index (κ1) is 24.3. The van der Waals surface area contributed by atoms with E-state index < -0.39 is 0 Å². The molecule has 0 aliphatic carbocycles. The molecule has 2 fully saturated rings. The summed E-state index contributed by atoms with van der Waals surface area (Å²) in [5, 5.41) is 0.549. The Labute approximate surface area is 212 Å². The molecule has 0 saturated carbocycles. The Kier molecular flexibility index (Phi) is 7.73. The zero-order valence-electron chi connectivity index (χ0n) is 20.6. The fraction of sp³-hybridized carbons (Fsp3) is 0.464. The second-order valence-corrected chi connectivity index (χ2v) is 9.55. The summed E-state index contributed by atoms with van der Waals surface area (Å²) in [7, 11) is 1.75. The number of piperidine rings is 1. The summed E-state index contributed by atoms with van der Waals surface area (Å²) in [5.41, 5.74) is 4.60. The highest BCUT2D eigenvalue weighted by Crippen LogP contribution is 2.38. The van der Waals surface area contributed by atoms with Crippen LogP contribution in [0.2, 0.25) is 5.15 Å². The van der Waals surface area contributed by atoms with Crippen LogP contribution in [0, 0.1) is 0 Å². The van der Waals surface area contributed by atoms with E-state index in [1.165, 1.54) is 17.5 Å². The minimum absolute atomic E-state index is 0.268. The van der Waals surface area contributed by atoms with Crippen LogP contribution in [0.15, 0.2) is 48.5 Å². The molecule has 0 spiro atoms. The number of ether oxygens (including phenoxy) is 3. The molecular weight excluding hydrogens is 462 g/mol. The van der Waals surface area contributed by atoms with E-state index >= 15 is 0 Å². The Hall–Kier alpha value is -2.38. The van der Waals surface area contributed by atoms with Crippen molar-refractivity contribution >= 4 is 11.6 Å². The van der Waals surface area contributed by atoms with Crippen molar-refractivity contribution in [2.75, 3.05) is 26.9 Å². The topological polar surface area (TPSA) is 48.8 Å². The summed E-state index contributed by atoms with van der Waals surface area (Å²) >= 11 is 6.89. The molecule has 0 amide bonds. The number of aromatic nitrogens is 2. The Morgan fingerprint density at radius 2 is 1.83 bits per heavy atom. The van der Waals surface area contributed by atoms with Crippen LogP contribution in [0.5, 0.6) is 5.75 Å². The van der Waals surface area contributed by atoms with Gasteiger partial charge in [0.05, 0.1) is 32.6 Å². The van der Waals surface area contributed by atoms with E-state index in [0.29, 0.717) is 31.5 Å². The second-order valence-electron chi connectivity index (χ2n) is 9.19. The van der Waals surface area contributed by atoms with Crippen LogP contribution >= 0.6 is 11.6 Å². The van der Waals surface area contributed by atoms with Gasteiger partial charge >= 0.3 is 0 Å². The van der Waals surface area contributed by atoms with E-state index in [1.807, 2.05) is 12.1 Å². The molecule has 3 heterocycles. The van der Waals surface area contributed by atoms with Crippen molar-refractivity contribution in [2.45, 2.75) is 58.0 Å². The molecular formula is C28H34ClN3O3. The van der Waals surface area contributed by atoms with Gasteiger partial charge in [-0.05, 0) is 37.4 Å². The largest absolute Gasteiger partial charge is 0.496 e. The molecule has 1 unspecified atom stereocenters. The third-order valence-electron chi connectivity index (χ3n) is 7.15. The van der Waals surface area contributed by atoms with Crippen molar-refractivity contribution in [3.8, 4) is 17.1 Å². The molecule has 0 bridgehead atoms. The monoisotopic (exact) mass is 495 g/mol. The number of para-hydroxylation sites is 1. The van der Waals surface area contributed by atoms with E-state index in [9.17, 15) is 0 Å². The maximum atomic E-state index is 6.89. The third-order valence-corrected chi connectivity index (χ3v) is 7.45. The molecule has 1 atom stereocenters. The van der Waals surface area contributed by atoms with Gasteiger partial charge < -0.3 is 18.8 Å². The number of hydrogen-bond donors (Lipinski definition) is 0. The first-order valence-corrected chi connectivity index (χ1v) is 13.0. The molecule has 35 heavy (non-hydrogen) atoms. The molecule has 0 radical (unpaired) electrons. The van der Waals surface area contributed by atoms with Crippen LogP contribution in [0.1, 0.15) is 49.0 Å². The Bertz CT molecular complexity index is 1140. The third kappa shape index (κ3) is 5.12. The van der Waals surface area contributed by atoms with Crippen LogP contribution in [0.3, 0.4) is 0 Å². The van der Waals surface area contributed by atoms with Crippen molar-refractivity contribution in [1.29, 1.82) is 0 Å². The van der Waals surface area contributed by atoms with Crippen LogP contribution < -0.4 is 4.74 Å². The summed E-state index contributed by atoms with van der Waals surface area (Å²) in [6, 6.07) is 17.1. The van der Waals surface area contributed by atoms with Crippen LogP contribution in [0.4, 0.5) is 0 Å². The summed E-state index contributed by atoms with van der Waals surface area (Å²) in [6.07, 6.45) is 4.09. The lowest BCUT2D eigenvalue weighted by Crippen LogP contribution is -2.34. The lowest BCUT2D eigenvalue weighted by Gasteiger charge is -2.37. The summed E-state index contributed by atoms with van der Waals surface area (Å²) in [5.74, 6) is 1.82. The van der Waals surface area contributed by atoms with Crippen molar-refractivity contribution in [1.82, 2.24) is 14.5 Å². The number of hydrogen-bond acceptors (Lipinski definition) is 5. The zero-order chi connectivity index (χ0) is 24.2. The van der Waals surface area contributed by atoms with Gasteiger partial charge in [-0.25, -0.2) is 4.98 Å². The number of aryl methyl sites for hydroxylation is 1. The molecule has 5 rings (SSSR count). The fourth-order valence-electron chi connectivity index (χ4n) is 5.38. The van der Waals surface area contributed by atoms with Gasteiger partial charge in [-0.1, -0.05) is 67.4 Å². The van der Waals surface area contributed by atoms with E-state index in [4.69, 9.17) is 30.8 Å². The first-order valence-electron chi connectivity index (χ1n) is 12.6. The van der Waals surface area contributed by atoms with Crippen LogP contribution in [-0.4, -0.2) is 47.6 Å². The van der Waals surface area contributed by atoms with E-state index in [2.05, 4.69) is 52.8 Å². The average molecular weight is 496 g/mol. The number of benzene rings is 2. The van der Waals surface area contributed by atoms with Gasteiger partial charge in [0, 0.05) is 23.7 Å². The zero-order valence-corrected chi connectivity index (χ0v) is 21.3. The van der Waals surface area contributed by atoms with E-state index in [1.54, 1.807) is 7.11 Å². The maximum absolute atomic E-state index is 6.89. The lowest BCUT2D eigenvalue weighted by molar-refractivity contribution is -0.0529. The highest BCUT2D eigenvalue weighted by molar-refractivity contribution is 6.30. The molecule has 1 aromatic heterocycles.